The Labute approximate surface area is 176 Å². The topological polar surface area (TPSA) is 133 Å². The summed E-state index contributed by atoms with van der Waals surface area (Å²) in [6, 6.07) is 11.3. The third-order valence-corrected chi connectivity index (χ3v) is 4.78. The molecule has 2 aromatic rings. The van der Waals surface area contributed by atoms with Crippen molar-refractivity contribution in [3.63, 3.8) is 0 Å². The highest BCUT2D eigenvalue weighted by molar-refractivity contribution is 6.01. The average Bonchev–Trinajstić information content (AvgIpc) is 3.18. The fourth-order valence-electron chi connectivity index (χ4n) is 3.14. The number of carbonyl (C=O) groups excluding carboxylic acids is 4. The Morgan fingerprint density at radius 2 is 1.84 bits per heavy atom. The number of benzene rings is 2. The number of carbonyl (C=O) groups is 4. The van der Waals surface area contributed by atoms with E-state index in [1.165, 1.54) is 42.3 Å². The molecule has 160 valence electrons. The van der Waals surface area contributed by atoms with Gasteiger partial charge < -0.3 is 14.4 Å². The first-order valence-corrected chi connectivity index (χ1v) is 9.23. The molecule has 0 aromatic heterocycles. The molecule has 31 heavy (non-hydrogen) atoms. The van der Waals surface area contributed by atoms with Crippen LogP contribution in [0.25, 0.3) is 0 Å². The van der Waals surface area contributed by atoms with Gasteiger partial charge in [-0.1, -0.05) is 12.1 Å². The first kappa shape index (κ1) is 21.6. The highest BCUT2D eigenvalue weighted by atomic mass is 16.6. The molecule has 1 fully saturated rings. The van der Waals surface area contributed by atoms with Crippen LogP contribution < -0.4 is 4.90 Å². The van der Waals surface area contributed by atoms with Crippen molar-refractivity contribution in [3.8, 4) is 0 Å². The number of ether oxygens (including phenoxy) is 2. The van der Waals surface area contributed by atoms with Crippen LogP contribution in [0.1, 0.15) is 27.1 Å². The molecule has 1 saturated heterocycles. The van der Waals surface area contributed by atoms with Gasteiger partial charge in [-0.05, 0) is 24.3 Å². The van der Waals surface area contributed by atoms with Crippen LogP contribution in [0.3, 0.4) is 0 Å². The van der Waals surface area contributed by atoms with Crippen molar-refractivity contribution in [1.82, 2.24) is 0 Å². The minimum absolute atomic E-state index is 0.0526. The van der Waals surface area contributed by atoms with E-state index in [9.17, 15) is 29.3 Å². The molecule has 0 aliphatic carbocycles. The van der Waals surface area contributed by atoms with Crippen molar-refractivity contribution >= 4 is 35.0 Å². The van der Waals surface area contributed by atoms with Gasteiger partial charge in [0.1, 0.15) is 0 Å². The van der Waals surface area contributed by atoms with Gasteiger partial charge in [0, 0.05) is 36.3 Å². The third kappa shape index (κ3) is 4.92. The second kappa shape index (κ2) is 9.16. The van der Waals surface area contributed by atoms with Crippen LogP contribution in [0.5, 0.6) is 0 Å². The Morgan fingerprint density at radius 1 is 1.13 bits per heavy atom. The van der Waals surface area contributed by atoms with Crippen molar-refractivity contribution in [2.24, 2.45) is 5.92 Å². The number of methoxy groups -OCH3 is 1. The van der Waals surface area contributed by atoms with Crippen LogP contribution in [0, 0.1) is 16.0 Å². The maximum Gasteiger partial charge on any atom is 0.337 e. The zero-order valence-corrected chi connectivity index (χ0v) is 16.5. The molecule has 0 saturated carbocycles. The molecule has 0 spiro atoms. The summed E-state index contributed by atoms with van der Waals surface area (Å²) in [5, 5.41) is 10.8. The van der Waals surface area contributed by atoms with E-state index in [4.69, 9.17) is 4.74 Å². The summed E-state index contributed by atoms with van der Waals surface area (Å²) in [4.78, 5) is 59.9. The molecule has 1 aliphatic heterocycles. The predicted molar refractivity (Wildman–Crippen MR) is 107 cm³/mol. The smallest absolute Gasteiger partial charge is 0.337 e. The highest BCUT2D eigenvalue weighted by Gasteiger charge is 2.36. The fourth-order valence-corrected chi connectivity index (χ4v) is 3.14. The van der Waals surface area contributed by atoms with Crippen LogP contribution in [-0.4, -0.2) is 48.8 Å². The summed E-state index contributed by atoms with van der Waals surface area (Å²) in [5.41, 5.74) is 0.651. The number of nitro benzene ring substituents is 1. The molecular formula is C21H18N2O8. The summed E-state index contributed by atoms with van der Waals surface area (Å²) in [7, 11) is 1.26. The van der Waals surface area contributed by atoms with Crippen LogP contribution >= 0.6 is 0 Å². The average molecular weight is 426 g/mol. The molecule has 10 nitrogen and oxygen atoms in total. The molecule has 2 aromatic carbocycles. The number of non-ortho nitro benzene ring substituents is 1. The van der Waals surface area contributed by atoms with E-state index in [-0.39, 0.29) is 30.1 Å². The molecule has 0 bridgehead atoms. The molecule has 0 N–H and O–H groups in total. The van der Waals surface area contributed by atoms with Crippen molar-refractivity contribution in [3.05, 3.63) is 69.8 Å². The molecule has 3 rings (SSSR count). The highest BCUT2D eigenvalue weighted by Crippen LogP contribution is 2.26. The maximum atomic E-state index is 12.3. The van der Waals surface area contributed by atoms with Gasteiger partial charge in [0.2, 0.25) is 11.7 Å². The molecule has 0 unspecified atom stereocenters. The van der Waals surface area contributed by atoms with Gasteiger partial charge in [0.05, 0.1) is 23.5 Å². The van der Waals surface area contributed by atoms with Crippen molar-refractivity contribution in [1.29, 1.82) is 0 Å². The Bertz CT molecular complexity index is 1050. The molecule has 1 heterocycles. The van der Waals surface area contributed by atoms with E-state index >= 15 is 0 Å². The molecule has 1 aliphatic rings. The van der Waals surface area contributed by atoms with Crippen LogP contribution in [-0.2, 0) is 19.1 Å². The lowest BCUT2D eigenvalue weighted by Crippen LogP contribution is -2.27. The SMILES string of the molecule is COC(=O)c1ccc(N2C[C@H](C(=O)OCC(=O)c3cccc([N+](=O)[O-])c3)CC2=O)cc1. The van der Waals surface area contributed by atoms with Gasteiger partial charge in [-0.25, -0.2) is 4.79 Å². The largest absolute Gasteiger partial charge is 0.465 e. The predicted octanol–water partition coefficient (Wildman–Crippen LogP) is 2.16. The summed E-state index contributed by atoms with van der Waals surface area (Å²) >= 11 is 0. The van der Waals surface area contributed by atoms with E-state index in [0.29, 0.717) is 11.3 Å². The number of anilines is 1. The molecule has 10 heteroatoms. The summed E-state index contributed by atoms with van der Waals surface area (Å²) < 4.78 is 9.67. The van der Waals surface area contributed by atoms with Crippen molar-refractivity contribution in [2.75, 3.05) is 25.2 Å². The fraction of sp³-hybridized carbons (Fsp3) is 0.238. The number of rotatable bonds is 7. The number of nitro groups is 1. The number of ketones is 1. The van der Waals surface area contributed by atoms with Crippen molar-refractivity contribution in [2.45, 2.75) is 6.42 Å². The van der Waals surface area contributed by atoms with E-state index in [1.54, 1.807) is 12.1 Å². The zero-order valence-electron chi connectivity index (χ0n) is 16.5. The van der Waals surface area contributed by atoms with Gasteiger partial charge in [-0.3, -0.25) is 24.5 Å². The second-order valence-corrected chi connectivity index (χ2v) is 6.78. The molecule has 1 atom stereocenters. The van der Waals surface area contributed by atoms with Gasteiger partial charge in [0.15, 0.2) is 6.61 Å². The van der Waals surface area contributed by atoms with Gasteiger partial charge >= 0.3 is 11.9 Å². The molecular weight excluding hydrogens is 408 g/mol. The second-order valence-electron chi connectivity index (χ2n) is 6.78. The van der Waals surface area contributed by atoms with E-state index in [0.717, 1.165) is 6.07 Å². The lowest BCUT2D eigenvalue weighted by atomic mass is 10.1. The van der Waals surface area contributed by atoms with Gasteiger partial charge in [-0.15, -0.1) is 0 Å². The van der Waals surface area contributed by atoms with E-state index in [1.807, 2.05) is 0 Å². The number of nitrogens with zero attached hydrogens (tertiary/aromatic N) is 2. The Morgan fingerprint density at radius 3 is 2.48 bits per heavy atom. The normalized spacial score (nSPS) is 15.5. The lowest BCUT2D eigenvalue weighted by Gasteiger charge is -2.16. The maximum absolute atomic E-state index is 12.3. The quantitative estimate of drug-likeness (QED) is 0.285. The standard InChI is InChI=1S/C21H18N2O8/c1-30-20(26)13-5-7-16(8-6-13)22-11-15(10-19(22)25)21(27)31-12-18(24)14-3-2-4-17(9-14)23(28)29/h2-9,15H,10-12H2,1H3/t15-/m1/s1. The van der Waals surface area contributed by atoms with Crippen molar-refractivity contribution < 1.29 is 33.6 Å². The molecule has 1 amide bonds. The van der Waals surface area contributed by atoms with Crippen LogP contribution in [0.15, 0.2) is 48.5 Å². The Kier molecular flexibility index (Phi) is 6.39. The Balaban J connectivity index is 1.59. The minimum atomic E-state index is -0.759. The number of amides is 1. The number of hydrogen-bond donors (Lipinski definition) is 0. The summed E-state index contributed by atoms with van der Waals surface area (Å²) in [6.07, 6.45) is -0.0808. The van der Waals surface area contributed by atoms with Gasteiger partial charge in [0.25, 0.3) is 5.69 Å². The van der Waals surface area contributed by atoms with E-state index < -0.39 is 35.2 Å². The number of Topliss-reactive ketones (excluding diaryl/α,β-unsaturated/α-hetero) is 1. The number of esters is 2. The summed E-state index contributed by atoms with van der Waals surface area (Å²) in [6.45, 7) is -0.515. The van der Waals surface area contributed by atoms with E-state index in [2.05, 4.69) is 4.74 Å². The summed E-state index contributed by atoms with van der Waals surface area (Å²) in [5.74, 6) is -2.85. The third-order valence-electron chi connectivity index (χ3n) is 4.78. The number of hydrogen-bond acceptors (Lipinski definition) is 8. The minimum Gasteiger partial charge on any atom is -0.465 e. The first-order chi connectivity index (χ1) is 14.8. The first-order valence-electron chi connectivity index (χ1n) is 9.23. The zero-order chi connectivity index (χ0) is 22.5. The lowest BCUT2D eigenvalue weighted by molar-refractivity contribution is -0.384. The van der Waals surface area contributed by atoms with Crippen LogP contribution in [0.4, 0.5) is 11.4 Å². The molecule has 0 radical (unpaired) electrons. The monoisotopic (exact) mass is 426 g/mol. The van der Waals surface area contributed by atoms with Crippen LogP contribution in [0.2, 0.25) is 0 Å². The van der Waals surface area contributed by atoms with Gasteiger partial charge in [-0.2, -0.15) is 0 Å². The Hall–Kier alpha value is -4.08.